The van der Waals surface area contributed by atoms with Gasteiger partial charge in [-0.1, -0.05) is 6.92 Å². The minimum atomic E-state index is 0.0492. The first-order valence-corrected chi connectivity index (χ1v) is 5.93. The highest BCUT2D eigenvalue weighted by atomic mass is 16.3. The molecule has 1 aliphatic rings. The molecule has 0 saturated carbocycles. The minimum Gasteiger partial charge on any atom is -0.396 e. The third kappa shape index (κ3) is 3.94. The van der Waals surface area contributed by atoms with E-state index < -0.39 is 0 Å². The Morgan fingerprint density at radius 2 is 2.25 bits per heavy atom. The average molecular weight is 226 g/mol. The van der Waals surface area contributed by atoms with Crippen molar-refractivity contribution in [2.24, 2.45) is 5.92 Å². The molecule has 92 valence electrons. The summed E-state index contributed by atoms with van der Waals surface area (Å²) in [5.41, 5.74) is 2.06. The Morgan fingerprint density at radius 3 is 2.75 bits per heavy atom. The molecule has 1 aliphatic heterocycles. The highest BCUT2D eigenvalue weighted by Gasteiger charge is 2.15. The van der Waals surface area contributed by atoms with Gasteiger partial charge >= 0.3 is 0 Å². The van der Waals surface area contributed by atoms with E-state index in [0.717, 1.165) is 31.5 Å². The summed E-state index contributed by atoms with van der Waals surface area (Å²) in [6, 6.07) is 0. The Labute approximate surface area is 97.1 Å². The van der Waals surface area contributed by atoms with Gasteiger partial charge in [-0.15, -0.1) is 0 Å². The van der Waals surface area contributed by atoms with E-state index in [9.17, 15) is 4.79 Å². The fourth-order valence-corrected chi connectivity index (χ4v) is 1.55. The van der Waals surface area contributed by atoms with Gasteiger partial charge in [0.15, 0.2) is 0 Å². The molecule has 0 aromatic carbocycles. The van der Waals surface area contributed by atoms with E-state index in [2.05, 4.69) is 10.6 Å². The molecular weight excluding hydrogens is 204 g/mol. The van der Waals surface area contributed by atoms with Crippen molar-refractivity contribution < 1.29 is 9.90 Å². The van der Waals surface area contributed by atoms with Gasteiger partial charge in [0.2, 0.25) is 5.91 Å². The zero-order valence-corrected chi connectivity index (χ0v) is 10.2. The minimum absolute atomic E-state index is 0.0492. The molecule has 1 heterocycles. The summed E-state index contributed by atoms with van der Waals surface area (Å²) in [4.78, 5) is 11.6. The van der Waals surface area contributed by atoms with E-state index in [1.54, 1.807) is 0 Å². The van der Waals surface area contributed by atoms with Crippen LogP contribution in [-0.4, -0.2) is 37.3 Å². The van der Waals surface area contributed by atoms with Gasteiger partial charge in [-0.05, 0) is 31.3 Å². The SMILES string of the molecule is CC(C(=O)NCCCC(C)CO)=C1CNC1. The Kier molecular flexibility index (Phi) is 5.49. The van der Waals surface area contributed by atoms with E-state index in [0.29, 0.717) is 12.5 Å². The van der Waals surface area contributed by atoms with Crippen molar-refractivity contribution in [1.29, 1.82) is 0 Å². The molecule has 1 fully saturated rings. The van der Waals surface area contributed by atoms with Gasteiger partial charge in [-0.2, -0.15) is 0 Å². The molecule has 0 aliphatic carbocycles. The zero-order valence-electron chi connectivity index (χ0n) is 10.2. The van der Waals surface area contributed by atoms with Gasteiger partial charge < -0.3 is 15.7 Å². The number of nitrogens with one attached hydrogen (secondary N) is 2. The number of carbonyl (C=O) groups is 1. The molecule has 0 bridgehead atoms. The van der Waals surface area contributed by atoms with Crippen molar-refractivity contribution in [2.75, 3.05) is 26.2 Å². The molecule has 0 radical (unpaired) electrons. The number of carbonyl (C=O) groups excluding carboxylic acids is 1. The molecular formula is C12H22N2O2. The van der Waals surface area contributed by atoms with Gasteiger partial charge in [0.25, 0.3) is 0 Å². The monoisotopic (exact) mass is 226 g/mol. The van der Waals surface area contributed by atoms with Crippen LogP contribution in [0.15, 0.2) is 11.1 Å². The van der Waals surface area contributed by atoms with Crippen LogP contribution in [0.4, 0.5) is 0 Å². The largest absolute Gasteiger partial charge is 0.396 e. The highest BCUT2D eigenvalue weighted by Crippen LogP contribution is 2.08. The van der Waals surface area contributed by atoms with Crippen LogP contribution in [0.2, 0.25) is 0 Å². The molecule has 16 heavy (non-hydrogen) atoms. The van der Waals surface area contributed by atoms with Gasteiger partial charge in [0, 0.05) is 31.8 Å². The van der Waals surface area contributed by atoms with Crippen LogP contribution in [0.1, 0.15) is 26.7 Å². The molecule has 3 N–H and O–H groups in total. The van der Waals surface area contributed by atoms with Crippen LogP contribution in [0.5, 0.6) is 0 Å². The molecule has 0 aromatic rings. The Hall–Kier alpha value is -0.870. The second kappa shape index (κ2) is 6.66. The van der Waals surface area contributed by atoms with Gasteiger partial charge in [0.05, 0.1) is 0 Å². The van der Waals surface area contributed by atoms with Gasteiger partial charge in [-0.3, -0.25) is 4.79 Å². The summed E-state index contributed by atoms with van der Waals surface area (Å²) in [7, 11) is 0. The predicted molar refractivity (Wildman–Crippen MR) is 64.1 cm³/mol. The summed E-state index contributed by atoms with van der Waals surface area (Å²) in [6.45, 7) is 6.50. The van der Waals surface area contributed by atoms with Crippen LogP contribution in [-0.2, 0) is 4.79 Å². The molecule has 0 spiro atoms. The quantitative estimate of drug-likeness (QED) is 0.455. The lowest BCUT2D eigenvalue weighted by Gasteiger charge is -2.21. The summed E-state index contributed by atoms with van der Waals surface area (Å²) in [5, 5.41) is 14.9. The van der Waals surface area contributed by atoms with E-state index in [-0.39, 0.29) is 12.5 Å². The molecule has 0 aromatic heterocycles. The lowest BCUT2D eigenvalue weighted by atomic mass is 10.0. The second-order valence-electron chi connectivity index (χ2n) is 4.52. The first-order chi connectivity index (χ1) is 7.65. The van der Waals surface area contributed by atoms with Crippen molar-refractivity contribution in [2.45, 2.75) is 26.7 Å². The Morgan fingerprint density at radius 1 is 1.56 bits per heavy atom. The normalized spacial score (nSPS) is 16.6. The molecule has 1 amide bonds. The van der Waals surface area contributed by atoms with Crippen LogP contribution in [0.3, 0.4) is 0 Å². The predicted octanol–water partition coefficient (Wildman–Crippen LogP) is 0.431. The molecule has 1 atom stereocenters. The first kappa shape index (κ1) is 13.2. The number of rotatable bonds is 6. The number of hydrogen-bond acceptors (Lipinski definition) is 3. The van der Waals surface area contributed by atoms with Crippen LogP contribution in [0.25, 0.3) is 0 Å². The Bertz CT molecular complexity index is 268. The fraction of sp³-hybridized carbons (Fsp3) is 0.750. The molecule has 1 rings (SSSR count). The molecule has 1 saturated heterocycles. The number of hydrogen-bond donors (Lipinski definition) is 3. The van der Waals surface area contributed by atoms with E-state index >= 15 is 0 Å². The first-order valence-electron chi connectivity index (χ1n) is 5.93. The van der Waals surface area contributed by atoms with Crippen LogP contribution in [0, 0.1) is 5.92 Å². The van der Waals surface area contributed by atoms with Crippen molar-refractivity contribution in [3.8, 4) is 0 Å². The third-order valence-corrected chi connectivity index (χ3v) is 3.02. The maximum absolute atomic E-state index is 11.6. The summed E-state index contributed by atoms with van der Waals surface area (Å²) in [6.07, 6.45) is 1.88. The molecule has 4 heteroatoms. The number of aliphatic hydroxyl groups excluding tert-OH is 1. The summed E-state index contributed by atoms with van der Waals surface area (Å²) >= 11 is 0. The lowest BCUT2D eigenvalue weighted by molar-refractivity contribution is -0.117. The second-order valence-corrected chi connectivity index (χ2v) is 4.52. The summed E-state index contributed by atoms with van der Waals surface area (Å²) < 4.78 is 0. The van der Waals surface area contributed by atoms with Crippen molar-refractivity contribution in [1.82, 2.24) is 10.6 Å². The topological polar surface area (TPSA) is 61.4 Å². The van der Waals surface area contributed by atoms with E-state index in [4.69, 9.17) is 5.11 Å². The standard InChI is InChI=1S/C12H22N2O2/c1-9(8-15)4-3-5-14-12(16)10(2)11-6-13-7-11/h9,13,15H,3-8H2,1-2H3,(H,14,16). The van der Waals surface area contributed by atoms with Crippen molar-refractivity contribution in [3.63, 3.8) is 0 Å². The fourth-order valence-electron chi connectivity index (χ4n) is 1.55. The molecule has 4 nitrogen and oxygen atoms in total. The lowest BCUT2D eigenvalue weighted by Crippen LogP contribution is -2.37. The smallest absolute Gasteiger partial charge is 0.246 e. The maximum atomic E-state index is 11.6. The zero-order chi connectivity index (χ0) is 12.0. The summed E-state index contributed by atoms with van der Waals surface area (Å²) in [5.74, 6) is 0.375. The highest BCUT2D eigenvalue weighted by molar-refractivity contribution is 5.93. The van der Waals surface area contributed by atoms with Crippen LogP contribution < -0.4 is 10.6 Å². The third-order valence-electron chi connectivity index (χ3n) is 3.02. The molecule has 1 unspecified atom stereocenters. The Balaban J connectivity index is 2.15. The van der Waals surface area contributed by atoms with Gasteiger partial charge in [0.1, 0.15) is 0 Å². The van der Waals surface area contributed by atoms with E-state index in [1.165, 1.54) is 5.57 Å². The van der Waals surface area contributed by atoms with Crippen LogP contribution >= 0.6 is 0 Å². The number of amides is 1. The van der Waals surface area contributed by atoms with E-state index in [1.807, 2.05) is 13.8 Å². The average Bonchev–Trinajstić information content (AvgIpc) is 2.21. The maximum Gasteiger partial charge on any atom is 0.246 e. The van der Waals surface area contributed by atoms with Crippen molar-refractivity contribution >= 4 is 5.91 Å². The number of aliphatic hydroxyl groups is 1. The van der Waals surface area contributed by atoms with Gasteiger partial charge in [-0.25, -0.2) is 0 Å². The van der Waals surface area contributed by atoms with Crippen molar-refractivity contribution in [3.05, 3.63) is 11.1 Å².